The summed E-state index contributed by atoms with van der Waals surface area (Å²) < 4.78 is 8.06. The Labute approximate surface area is 90.7 Å². The van der Waals surface area contributed by atoms with Crippen LogP contribution in [0.1, 0.15) is 32.1 Å². The summed E-state index contributed by atoms with van der Waals surface area (Å²) in [5.41, 5.74) is 0. The van der Waals surface area contributed by atoms with Crippen molar-refractivity contribution in [3.8, 4) is 0 Å². The first-order valence-corrected chi connectivity index (χ1v) is 6.59. The Bertz CT molecular complexity index is 229. The first-order valence-electron chi connectivity index (χ1n) is 5.61. The van der Waals surface area contributed by atoms with Crippen LogP contribution >= 0.6 is 11.8 Å². The third kappa shape index (κ3) is 2.25. The third-order valence-corrected chi connectivity index (χ3v) is 4.37. The van der Waals surface area contributed by atoms with Gasteiger partial charge in [0.05, 0.1) is 0 Å². The van der Waals surface area contributed by atoms with E-state index in [1.54, 1.807) is 0 Å². The molecule has 14 heavy (non-hydrogen) atoms. The van der Waals surface area contributed by atoms with Gasteiger partial charge in [0.2, 0.25) is 0 Å². The maximum Gasteiger partial charge on any atom is 0.400 e. The Hall–Kier alpha value is -0.180. The average molecular weight is 214 g/mol. The second-order valence-electron chi connectivity index (χ2n) is 4.53. The molecule has 1 saturated carbocycles. The van der Waals surface area contributed by atoms with Crippen LogP contribution in [0.4, 0.5) is 0 Å². The van der Waals surface area contributed by atoms with E-state index in [1.807, 2.05) is 11.8 Å². The molecule has 1 aliphatic heterocycles. The quantitative estimate of drug-likeness (QED) is 0.621. The standard InChI is InChI=1S/C11H20NOS/c1-12(2)11-13-10(8-14-11)9-6-4-3-5-7-9/h9-10H,3-8H2,1-2H3/q+1. The van der Waals surface area contributed by atoms with E-state index in [-0.39, 0.29) is 0 Å². The molecule has 1 saturated heterocycles. The van der Waals surface area contributed by atoms with Crippen molar-refractivity contribution in [2.24, 2.45) is 5.92 Å². The number of hydrogen-bond acceptors (Lipinski definition) is 2. The van der Waals surface area contributed by atoms with Gasteiger partial charge in [0.15, 0.2) is 0 Å². The van der Waals surface area contributed by atoms with Crippen molar-refractivity contribution in [1.29, 1.82) is 0 Å². The van der Waals surface area contributed by atoms with Crippen molar-refractivity contribution in [3.05, 3.63) is 0 Å². The molecule has 3 heteroatoms. The molecule has 0 amide bonds. The lowest BCUT2D eigenvalue weighted by atomic mass is 9.86. The second kappa shape index (κ2) is 4.56. The number of hydrogen-bond donors (Lipinski definition) is 0. The van der Waals surface area contributed by atoms with Gasteiger partial charge in [0.25, 0.3) is 0 Å². The molecule has 1 unspecified atom stereocenters. The lowest BCUT2D eigenvalue weighted by Crippen LogP contribution is -2.25. The van der Waals surface area contributed by atoms with E-state index in [2.05, 4.69) is 18.7 Å². The van der Waals surface area contributed by atoms with Crippen molar-refractivity contribution in [2.45, 2.75) is 38.2 Å². The summed E-state index contributed by atoms with van der Waals surface area (Å²) in [7, 11) is 4.12. The molecule has 2 fully saturated rings. The van der Waals surface area contributed by atoms with Gasteiger partial charge >= 0.3 is 5.23 Å². The molecule has 1 atom stereocenters. The van der Waals surface area contributed by atoms with Crippen molar-refractivity contribution in [3.63, 3.8) is 0 Å². The summed E-state index contributed by atoms with van der Waals surface area (Å²) in [5, 5.41) is 1.11. The van der Waals surface area contributed by atoms with Gasteiger partial charge in [0.1, 0.15) is 20.2 Å². The fourth-order valence-corrected chi connectivity index (χ4v) is 3.42. The zero-order valence-corrected chi connectivity index (χ0v) is 9.98. The molecule has 0 aromatic rings. The number of thioether (sulfide) groups is 1. The van der Waals surface area contributed by atoms with Gasteiger partial charge < -0.3 is 4.74 Å². The van der Waals surface area contributed by atoms with Gasteiger partial charge in [-0.05, 0) is 30.5 Å². The van der Waals surface area contributed by atoms with E-state index in [9.17, 15) is 0 Å². The molecule has 80 valence electrons. The first-order chi connectivity index (χ1) is 6.77. The molecule has 0 aromatic carbocycles. The van der Waals surface area contributed by atoms with E-state index >= 15 is 0 Å². The lowest BCUT2D eigenvalue weighted by Gasteiger charge is -2.25. The predicted molar refractivity (Wildman–Crippen MR) is 61.0 cm³/mol. The van der Waals surface area contributed by atoms with Gasteiger partial charge in [-0.2, -0.15) is 4.58 Å². The molecule has 2 aliphatic rings. The highest BCUT2D eigenvalue weighted by atomic mass is 32.2. The minimum atomic E-state index is 0.498. The Balaban J connectivity index is 1.91. The van der Waals surface area contributed by atoms with Crippen LogP contribution < -0.4 is 0 Å². The third-order valence-electron chi connectivity index (χ3n) is 3.16. The molecule has 2 rings (SSSR count). The maximum absolute atomic E-state index is 5.97. The van der Waals surface area contributed by atoms with Crippen molar-refractivity contribution < 1.29 is 9.31 Å². The normalized spacial score (nSPS) is 29.0. The van der Waals surface area contributed by atoms with Gasteiger partial charge in [0, 0.05) is 5.75 Å². The van der Waals surface area contributed by atoms with Crippen LogP contribution in [0.25, 0.3) is 0 Å². The molecule has 1 heterocycles. The van der Waals surface area contributed by atoms with Crippen LogP contribution in [0.3, 0.4) is 0 Å². The highest BCUT2D eigenvalue weighted by Gasteiger charge is 2.34. The summed E-state index contributed by atoms with van der Waals surface area (Å²) in [5.74, 6) is 1.99. The van der Waals surface area contributed by atoms with Gasteiger partial charge in [-0.1, -0.05) is 19.3 Å². The average Bonchev–Trinajstić information content (AvgIpc) is 2.68. The van der Waals surface area contributed by atoms with Gasteiger partial charge in [-0.15, -0.1) is 0 Å². The Morgan fingerprint density at radius 1 is 1.21 bits per heavy atom. The van der Waals surface area contributed by atoms with Crippen molar-refractivity contribution in [1.82, 2.24) is 0 Å². The van der Waals surface area contributed by atoms with Crippen LogP contribution in [-0.4, -0.2) is 35.8 Å². The highest BCUT2D eigenvalue weighted by Crippen LogP contribution is 2.33. The molecule has 0 bridgehead atoms. The van der Waals surface area contributed by atoms with E-state index in [0.29, 0.717) is 6.10 Å². The Morgan fingerprint density at radius 2 is 1.93 bits per heavy atom. The molecule has 0 radical (unpaired) electrons. The monoisotopic (exact) mass is 214 g/mol. The minimum absolute atomic E-state index is 0.498. The highest BCUT2D eigenvalue weighted by molar-refractivity contribution is 8.13. The summed E-state index contributed by atoms with van der Waals surface area (Å²) >= 11 is 1.87. The van der Waals surface area contributed by atoms with E-state index < -0.39 is 0 Å². The smallest absolute Gasteiger partial charge is 0.400 e. The van der Waals surface area contributed by atoms with E-state index in [0.717, 1.165) is 16.9 Å². The molecule has 1 aliphatic carbocycles. The zero-order valence-electron chi connectivity index (χ0n) is 9.16. The second-order valence-corrected chi connectivity index (χ2v) is 5.50. The predicted octanol–water partition coefficient (Wildman–Crippen LogP) is 2.33. The first kappa shape index (κ1) is 10.3. The van der Waals surface area contributed by atoms with Crippen LogP contribution in [0.5, 0.6) is 0 Å². The molecule has 2 nitrogen and oxygen atoms in total. The Kier molecular flexibility index (Phi) is 3.37. The molecule has 0 N–H and O–H groups in total. The van der Waals surface area contributed by atoms with Crippen LogP contribution in [0.2, 0.25) is 0 Å². The van der Waals surface area contributed by atoms with Gasteiger partial charge in [-0.3, -0.25) is 0 Å². The summed E-state index contributed by atoms with van der Waals surface area (Å²) in [6.07, 6.45) is 7.51. The van der Waals surface area contributed by atoms with E-state index in [4.69, 9.17) is 4.74 Å². The summed E-state index contributed by atoms with van der Waals surface area (Å²) in [6, 6.07) is 0. The molecule has 0 spiro atoms. The van der Waals surface area contributed by atoms with E-state index in [1.165, 1.54) is 32.1 Å². The topological polar surface area (TPSA) is 12.2 Å². The minimum Gasteiger partial charge on any atom is -0.435 e. The lowest BCUT2D eigenvalue weighted by molar-refractivity contribution is -0.471. The number of ether oxygens (including phenoxy) is 1. The largest absolute Gasteiger partial charge is 0.435 e. The molecular weight excluding hydrogens is 194 g/mol. The number of nitrogens with zero attached hydrogens (tertiary/aromatic N) is 1. The molecular formula is C11H20NOS+. The SMILES string of the molecule is C[N+](C)=C1OC(C2CCCCC2)CS1. The fourth-order valence-electron chi connectivity index (χ4n) is 2.32. The van der Waals surface area contributed by atoms with Crippen LogP contribution in [0.15, 0.2) is 0 Å². The summed E-state index contributed by atoms with van der Waals surface area (Å²) in [4.78, 5) is 0. The maximum atomic E-state index is 5.97. The fraction of sp³-hybridized carbons (Fsp3) is 0.909. The van der Waals surface area contributed by atoms with Gasteiger partial charge in [-0.25, -0.2) is 0 Å². The van der Waals surface area contributed by atoms with Crippen LogP contribution in [0, 0.1) is 5.92 Å². The van der Waals surface area contributed by atoms with Crippen LogP contribution in [-0.2, 0) is 4.74 Å². The van der Waals surface area contributed by atoms with Crippen molar-refractivity contribution >= 4 is 17.0 Å². The number of rotatable bonds is 1. The zero-order chi connectivity index (χ0) is 9.97. The Morgan fingerprint density at radius 3 is 2.50 bits per heavy atom. The molecule has 0 aromatic heterocycles. The van der Waals surface area contributed by atoms with Crippen molar-refractivity contribution in [2.75, 3.05) is 19.8 Å². The summed E-state index contributed by atoms with van der Waals surface area (Å²) in [6.45, 7) is 0.